The standard InChI is InChI=1S/C23H37N5O8S.2H2O.Y/c1-19-2-4-20(5-3-19)37(35,36)24-6-7-25-8-10-26(16-21(29)30)12-14-28(18-23(33)34)15-13-27(11-9-25)17-22(31)32;;;/h2-5,24H,6-18H2,1H3,(H,29,30)(H,31,32)(H,33,34);2*1H2;/p-3. The number of nitrogens with zero attached hydrogens (tertiary/aromatic N) is 4. The van der Waals surface area contributed by atoms with Crippen LogP contribution in [0.1, 0.15) is 5.56 Å². The van der Waals surface area contributed by atoms with Gasteiger partial charge in [-0.25, -0.2) is 13.1 Å². The van der Waals surface area contributed by atoms with Crippen molar-refractivity contribution in [1.29, 1.82) is 0 Å². The molecule has 5 N–H and O–H groups in total. The monoisotopic (exact) mass is 665 g/mol. The van der Waals surface area contributed by atoms with Crippen LogP contribution in [0, 0.1) is 6.92 Å². The third-order valence-electron chi connectivity index (χ3n) is 6.04. The molecule has 2 rings (SSSR count). The van der Waals surface area contributed by atoms with Crippen LogP contribution >= 0.6 is 0 Å². The average molecular weight is 666 g/mol. The van der Waals surface area contributed by atoms with Gasteiger partial charge in [0.2, 0.25) is 10.0 Å². The van der Waals surface area contributed by atoms with Gasteiger partial charge in [0.15, 0.2) is 0 Å². The minimum absolute atomic E-state index is 0. The zero-order valence-electron chi connectivity index (χ0n) is 22.5. The van der Waals surface area contributed by atoms with Crippen molar-refractivity contribution in [1.82, 2.24) is 24.3 Å². The van der Waals surface area contributed by atoms with E-state index in [9.17, 15) is 38.1 Å². The molecule has 0 unspecified atom stereocenters. The topological polar surface area (TPSA) is 243 Å². The predicted octanol–water partition coefficient (Wildman–Crippen LogP) is -6.91. The van der Waals surface area contributed by atoms with E-state index in [2.05, 4.69) is 4.72 Å². The minimum Gasteiger partial charge on any atom is -0.549 e. The first-order valence-corrected chi connectivity index (χ1v) is 13.5. The zero-order valence-corrected chi connectivity index (χ0v) is 26.2. The summed E-state index contributed by atoms with van der Waals surface area (Å²) in [5, 5.41) is 33.6. The van der Waals surface area contributed by atoms with Crippen LogP contribution < -0.4 is 20.0 Å². The van der Waals surface area contributed by atoms with Crippen LogP contribution in [0.5, 0.6) is 0 Å². The van der Waals surface area contributed by atoms with Crippen molar-refractivity contribution in [3.63, 3.8) is 0 Å². The van der Waals surface area contributed by atoms with E-state index in [1.807, 2.05) is 11.8 Å². The number of aryl methyl sites for hydroxylation is 1. The van der Waals surface area contributed by atoms with Gasteiger partial charge in [0.1, 0.15) is 0 Å². The van der Waals surface area contributed by atoms with Crippen molar-refractivity contribution in [3.05, 3.63) is 29.8 Å². The van der Waals surface area contributed by atoms with Crippen LogP contribution in [0.15, 0.2) is 29.2 Å². The summed E-state index contributed by atoms with van der Waals surface area (Å²) in [6.07, 6.45) is 0. The van der Waals surface area contributed by atoms with E-state index in [4.69, 9.17) is 0 Å². The number of benzene rings is 1. The van der Waals surface area contributed by atoms with E-state index in [0.717, 1.165) is 5.56 Å². The molecule has 1 aliphatic rings. The maximum Gasteiger partial charge on any atom is 0.240 e. The Balaban J connectivity index is 0. The van der Waals surface area contributed by atoms with Gasteiger partial charge in [-0.2, -0.15) is 0 Å². The maximum absolute atomic E-state index is 12.6. The van der Waals surface area contributed by atoms with Crippen molar-refractivity contribution in [3.8, 4) is 0 Å². The molecule has 1 radical (unpaired) electrons. The number of hydrogen-bond acceptors (Lipinski definition) is 12. The molecule has 1 heterocycles. The Bertz CT molecular complexity index is 984. The minimum atomic E-state index is -3.72. The Morgan fingerprint density at radius 1 is 0.700 bits per heavy atom. The largest absolute Gasteiger partial charge is 0.549 e. The van der Waals surface area contributed by atoms with Gasteiger partial charge < -0.3 is 40.7 Å². The van der Waals surface area contributed by atoms with Crippen molar-refractivity contribution in [2.75, 3.05) is 85.1 Å². The van der Waals surface area contributed by atoms with E-state index < -0.39 is 27.9 Å². The van der Waals surface area contributed by atoms with Gasteiger partial charge in [0.05, 0.1) is 22.8 Å². The Morgan fingerprint density at radius 3 is 1.35 bits per heavy atom. The summed E-state index contributed by atoms with van der Waals surface area (Å²) in [5.74, 6) is -3.82. The Morgan fingerprint density at radius 2 is 1.02 bits per heavy atom. The SMILES string of the molecule is Cc1ccc(S(=O)(=O)NCCN2CCN(CC(=O)[O-])CCN(CC(=O)[O-])CCN(CC(=O)[O-])CC2)cc1.O.O.[Y]. The number of nitrogens with one attached hydrogen (secondary N) is 1. The summed E-state index contributed by atoms with van der Waals surface area (Å²) in [7, 11) is -3.72. The first kappa shape index (κ1) is 40.5. The molecule has 227 valence electrons. The average Bonchev–Trinajstić information content (AvgIpc) is 2.79. The molecule has 40 heavy (non-hydrogen) atoms. The summed E-state index contributed by atoms with van der Waals surface area (Å²) in [5.41, 5.74) is 0.934. The third kappa shape index (κ3) is 16.0. The van der Waals surface area contributed by atoms with Gasteiger partial charge in [-0.1, -0.05) is 17.7 Å². The van der Waals surface area contributed by atoms with Crippen molar-refractivity contribution in [2.24, 2.45) is 0 Å². The first-order valence-electron chi connectivity index (χ1n) is 12.0. The molecule has 0 atom stereocenters. The molecule has 1 aromatic rings. The maximum atomic E-state index is 12.6. The molecule has 17 heteroatoms. The number of hydrogen-bond donors (Lipinski definition) is 1. The van der Waals surface area contributed by atoms with E-state index in [-0.39, 0.29) is 101 Å². The van der Waals surface area contributed by atoms with Crippen LogP contribution in [0.4, 0.5) is 0 Å². The Hall–Kier alpha value is -1.60. The van der Waals surface area contributed by atoms with Crippen molar-refractivity contribution < 1.29 is 81.8 Å². The fourth-order valence-corrected chi connectivity index (χ4v) is 4.98. The molecule has 0 amide bonds. The van der Waals surface area contributed by atoms with Crippen molar-refractivity contribution >= 4 is 27.9 Å². The molecule has 0 bridgehead atoms. The summed E-state index contributed by atoms with van der Waals surface area (Å²) < 4.78 is 27.8. The van der Waals surface area contributed by atoms with Crippen LogP contribution in [-0.2, 0) is 57.1 Å². The van der Waals surface area contributed by atoms with Gasteiger partial charge >= 0.3 is 0 Å². The van der Waals surface area contributed by atoms with Crippen LogP contribution in [-0.4, -0.2) is 142 Å². The molecule has 0 saturated carbocycles. The van der Waals surface area contributed by atoms with Crippen LogP contribution in [0.2, 0.25) is 0 Å². The van der Waals surface area contributed by atoms with E-state index in [1.165, 1.54) is 12.1 Å². The number of aliphatic carboxylic acids is 3. The zero-order chi connectivity index (χ0) is 27.4. The predicted molar refractivity (Wildman–Crippen MR) is 134 cm³/mol. The molecule has 15 nitrogen and oxygen atoms in total. The van der Waals surface area contributed by atoms with Crippen LogP contribution in [0.3, 0.4) is 0 Å². The fraction of sp³-hybridized carbons (Fsp3) is 0.609. The van der Waals surface area contributed by atoms with Gasteiger partial charge in [0, 0.05) is 118 Å². The number of carbonyl (C=O) groups is 3. The first-order chi connectivity index (χ1) is 17.4. The summed E-state index contributed by atoms with van der Waals surface area (Å²) in [4.78, 5) is 40.5. The normalized spacial score (nSPS) is 16.7. The van der Waals surface area contributed by atoms with E-state index in [1.54, 1.807) is 26.8 Å². The second-order valence-electron chi connectivity index (χ2n) is 9.00. The van der Waals surface area contributed by atoms with Crippen molar-refractivity contribution in [2.45, 2.75) is 11.8 Å². The Labute approximate surface area is 259 Å². The number of carboxylic acid groups (broad SMARTS) is 3. The number of carbonyl (C=O) groups excluding carboxylic acids is 3. The molecular formula is C23H38N5O10SY-3. The summed E-state index contributed by atoms with van der Waals surface area (Å²) in [6, 6.07) is 6.45. The van der Waals surface area contributed by atoms with E-state index >= 15 is 0 Å². The third-order valence-corrected chi connectivity index (χ3v) is 7.52. The summed E-state index contributed by atoms with van der Waals surface area (Å²) >= 11 is 0. The summed E-state index contributed by atoms with van der Waals surface area (Å²) in [6.45, 7) is 3.51. The number of carboxylic acids is 3. The molecule has 1 fully saturated rings. The second-order valence-corrected chi connectivity index (χ2v) is 10.8. The molecule has 1 aromatic carbocycles. The smallest absolute Gasteiger partial charge is 0.240 e. The van der Waals surface area contributed by atoms with Gasteiger partial charge in [-0.15, -0.1) is 0 Å². The molecule has 0 aromatic heterocycles. The Kier molecular flexibility index (Phi) is 20.6. The number of sulfonamides is 1. The molecule has 0 aliphatic carbocycles. The number of rotatable bonds is 11. The fourth-order valence-electron chi connectivity index (χ4n) is 3.96. The molecule has 1 aliphatic heterocycles. The quantitative estimate of drug-likeness (QED) is 0.232. The molecule has 1 saturated heterocycles. The van der Waals surface area contributed by atoms with Crippen LogP contribution in [0.25, 0.3) is 0 Å². The second kappa shape index (κ2) is 20.3. The van der Waals surface area contributed by atoms with Gasteiger partial charge in [0.25, 0.3) is 0 Å². The van der Waals surface area contributed by atoms with Gasteiger partial charge in [-0.3, -0.25) is 19.6 Å². The molecular weight excluding hydrogens is 627 g/mol. The molecule has 0 spiro atoms. The van der Waals surface area contributed by atoms with E-state index in [0.29, 0.717) is 32.7 Å². The van der Waals surface area contributed by atoms with Gasteiger partial charge in [-0.05, 0) is 19.1 Å².